The Kier molecular flexibility index (Phi) is 9.86. The summed E-state index contributed by atoms with van der Waals surface area (Å²) in [6.45, 7) is 5.49. The molecule has 0 saturated carbocycles. The molecule has 0 radical (unpaired) electrons. The maximum absolute atomic E-state index is 12.7. The number of hydrogen-bond acceptors (Lipinski definition) is 6. The lowest BCUT2D eigenvalue weighted by Gasteiger charge is -2.18. The topological polar surface area (TPSA) is 119 Å². The van der Waals surface area contributed by atoms with E-state index in [0.29, 0.717) is 17.9 Å². The van der Waals surface area contributed by atoms with Crippen LogP contribution in [0.4, 0.5) is 0 Å². The molecule has 33 heavy (non-hydrogen) atoms. The predicted molar refractivity (Wildman–Crippen MR) is 127 cm³/mol. The van der Waals surface area contributed by atoms with Crippen LogP contribution >= 0.6 is 11.6 Å². The highest BCUT2D eigenvalue weighted by Gasteiger charge is 2.27. The summed E-state index contributed by atoms with van der Waals surface area (Å²) < 4.78 is 60.1. The van der Waals surface area contributed by atoms with Crippen molar-refractivity contribution in [2.75, 3.05) is 13.2 Å². The number of carbonyl (C=O) groups is 1. The zero-order valence-electron chi connectivity index (χ0n) is 18.8. The van der Waals surface area contributed by atoms with E-state index in [0.717, 1.165) is 11.1 Å². The molecule has 0 amide bonds. The third-order valence-electron chi connectivity index (χ3n) is 4.87. The highest BCUT2D eigenvalue weighted by Crippen LogP contribution is 2.20. The molecule has 0 saturated heterocycles. The number of aryl methyl sites for hydroxylation is 2. The molecule has 0 heterocycles. The predicted octanol–water partition coefficient (Wildman–Crippen LogP) is 3.32. The maximum Gasteiger partial charge on any atom is 0.324 e. The van der Waals surface area contributed by atoms with Gasteiger partial charge >= 0.3 is 5.97 Å². The van der Waals surface area contributed by atoms with Gasteiger partial charge in [-0.25, -0.2) is 21.6 Å². The van der Waals surface area contributed by atoms with Gasteiger partial charge in [0.05, 0.1) is 16.4 Å². The highest BCUT2D eigenvalue weighted by molar-refractivity contribution is 7.89. The summed E-state index contributed by atoms with van der Waals surface area (Å²) in [5.41, 5.74) is 1.68. The minimum absolute atomic E-state index is 0.0572. The summed E-state index contributed by atoms with van der Waals surface area (Å²) in [5.74, 6) is -0.695. The Balaban J connectivity index is 1.97. The highest BCUT2D eigenvalue weighted by atomic mass is 35.5. The molecule has 2 N–H and O–H groups in total. The van der Waals surface area contributed by atoms with Crippen molar-refractivity contribution in [3.05, 3.63) is 58.6 Å². The lowest BCUT2D eigenvalue weighted by atomic mass is 10.1. The van der Waals surface area contributed by atoms with Crippen molar-refractivity contribution in [2.24, 2.45) is 0 Å². The Bertz CT molecular complexity index is 1170. The van der Waals surface area contributed by atoms with Crippen LogP contribution < -0.4 is 9.44 Å². The van der Waals surface area contributed by atoms with Gasteiger partial charge in [-0.2, -0.15) is 4.72 Å². The molecule has 8 nitrogen and oxygen atoms in total. The van der Waals surface area contributed by atoms with Gasteiger partial charge in [-0.1, -0.05) is 35.4 Å². The maximum atomic E-state index is 12.7. The second kappa shape index (κ2) is 11.9. The van der Waals surface area contributed by atoms with Gasteiger partial charge in [-0.3, -0.25) is 4.79 Å². The van der Waals surface area contributed by atoms with Crippen LogP contribution in [0, 0.1) is 13.8 Å². The average molecular weight is 517 g/mol. The van der Waals surface area contributed by atoms with Gasteiger partial charge in [0.1, 0.15) is 6.04 Å². The molecule has 2 rings (SSSR count). The largest absolute Gasteiger partial charge is 0.465 e. The van der Waals surface area contributed by atoms with Crippen molar-refractivity contribution in [1.82, 2.24) is 9.44 Å². The van der Waals surface area contributed by atoms with Gasteiger partial charge < -0.3 is 4.74 Å². The van der Waals surface area contributed by atoms with Gasteiger partial charge in [-0.05, 0) is 69.9 Å². The van der Waals surface area contributed by atoms with Crippen LogP contribution in [0.3, 0.4) is 0 Å². The molecule has 0 aliphatic heterocycles. The summed E-state index contributed by atoms with van der Waals surface area (Å²) in [4.78, 5) is 12.4. The summed E-state index contributed by atoms with van der Waals surface area (Å²) in [5, 5.41) is 0.298. The normalized spacial score (nSPS) is 13.0. The first kappa shape index (κ1) is 27.3. The number of carbonyl (C=O) groups excluding carboxylic acids is 1. The Morgan fingerprint density at radius 3 is 2.21 bits per heavy atom. The second-order valence-corrected chi connectivity index (χ2v) is 11.4. The molecule has 1 atom stereocenters. The minimum Gasteiger partial charge on any atom is -0.465 e. The van der Waals surface area contributed by atoms with E-state index in [9.17, 15) is 21.6 Å². The van der Waals surface area contributed by atoms with Crippen LogP contribution in [0.5, 0.6) is 0 Å². The van der Waals surface area contributed by atoms with Gasteiger partial charge in [0.15, 0.2) is 0 Å². The molecule has 2 aromatic rings. The van der Waals surface area contributed by atoms with Crippen molar-refractivity contribution >= 4 is 37.6 Å². The molecule has 1 unspecified atom stereocenters. The number of sulfonamides is 2. The average Bonchev–Trinajstić information content (AvgIpc) is 2.74. The quantitative estimate of drug-likeness (QED) is 0.330. The summed E-state index contributed by atoms with van der Waals surface area (Å²) in [6.07, 6.45) is 0.931. The van der Waals surface area contributed by atoms with Gasteiger partial charge in [0, 0.05) is 11.6 Å². The minimum atomic E-state index is -4.01. The zero-order chi connectivity index (χ0) is 24.6. The number of esters is 1. The van der Waals surface area contributed by atoms with Crippen molar-refractivity contribution in [3.8, 4) is 0 Å². The molecule has 0 aliphatic carbocycles. The number of halogens is 1. The van der Waals surface area contributed by atoms with Gasteiger partial charge in [0.25, 0.3) is 0 Å². The van der Waals surface area contributed by atoms with Crippen LogP contribution in [-0.4, -0.2) is 42.0 Å². The molecule has 182 valence electrons. The summed E-state index contributed by atoms with van der Waals surface area (Å²) >= 11 is 6.04. The Labute approximate surface area is 200 Å². The van der Waals surface area contributed by atoms with Crippen molar-refractivity contribution in [3.63, 3.8) is 0 Å². The fourth-order valence-electron chi connectivity index (χ4n) is 2.94. The molecule has 0 spiro atoms. The third kappa shape index (κ3) is 8.08. The van der Waals surface area contributed by atoms with Crippen LogP contribution in [0.15, 0.2) is 52.3 Å². The zero-order valence-corrected chi connectivity index (χ0v) is 21.2. The van der Waals surface area contributed by atoms with E-state index in [1.807, 2.05) is 6.92 Å². The lowest BCUT2D eigenvalue weighted by Crippen LogP contribution is -2.42. The van der Waals surface area contributed by atoms with Gasteiger partial charge in [0.2, 0.25) is 20.0 Å². The summed E-state index contributed by atoms with van der Waals surface area (Å²) in [7, 11) is -7.66. The Morgan fingerprint density at radius 2 is 1.61 bits per heavy atom. The molecule has 0 bridgehead atoms. The van der Waals surface area contributed by atoms with E-state index in [4.69, 9.17) is 16.3 Å². The SMILES string of the molecule is CCOC(=O)C(CCCCNS(=O)(=O)c1ccc(C)cc1)NS(=O)(=O)c1ccc(C)c(Cl)c1. The number of nitrogens with one attached hydrogen (secondary N) is 2. The van der Waals surface area contributed by atoms with E-state index in [2.05, 4.69) is 9.44 Å². The lowest BCUT2D eigenvalue weighted by molar-refractivity contribution is -0.145. The number of benzene rings is 2. The van der Waals surface area contributed by atoms with Crippen molar-refractivity contribution < 1.29 is 26.4 Å². The second-order valence-electron chi connectivity index (χ2n) is 7.54. The molecule has 11 heteroatoms. The van der Waals surface area contributed by atoms with E-state index in [-0.39, 0.29) is 29.4 Å². The first-order chi connectivity index (χ1) is 15.5. The van der Waals surface area contributed by atoms with Crippen LogP contribution in [0.1, 0.15) is 37.3 Å². The molecular weight excluding hydrogens is 488 g/mol. The van der Waals surface area contributed by atoms with Crippen LogP contribution in [0.2, 0.25) is 5.02 Å². The van der Waals surface area contributed by atoms with E-state index in [1.54, 1.807) is 32.0 Å². The van der Waals surface area contributed by atoms with Crippen LogP contribution in [-0.2, 0) is 29.6 Å². The summed E-state index contributed by atoms with van der Waals surface area (Å²) in [6, 6.07) is 9.69. The Hall–Kier alpha value is -1.98. The molecule has 0 aliphatic rings. The van der Waals surface area contributed by atoms with Crippen LogP contribution in [0.25, 0.3) is 0 Å². The number of ether oxygens (including phenoxy) is 1. The molecule has 0 fully saturated rings. The fraction of sp³-hybridized carbons (Fsp3) is 0.409. The standard InChI is InChI=1S/C22H29ClN2O6S2/c1-4-31-22(26)21(25-33(29,30)19-13-10-17(3)20(23)15-19)7-5-6-14-24-32(27,28)18-11-8-16(2)9-12-18/h8-13,15,21,24-25H,4-7,14H2,1-3H3. The van der Waals surface area contributed by atoms with Crippen molar-refractivity contribution in [1.29, 1.82) is 0 Å². The Morgan fingerprint density at radius 1 is 0.970 bits per heavy atom. The smallest absolute Gasteiger partial charge is 0.324 e. The monoisotopic (exact) mass is 516 g/mol. The van der Waals surface area contributed by atoms with Gasteiger partial charge in [-0.15, -0.1) is 0 Å². The number of hydrogen-bond donors (Lipinski definition) is 2. The first-order valence-corrected chi connectivity index (χ1v) is 13.8. The van der Waals surface area contributed by atoms with E-state index in [1.165, 1.54) is 24.3 Å². The van der Waals surface area contributed by atoms with E-state index < -0.39 is 32.1 Å². The van der Waals surface area contributed by atoms with Crippen molar-refractivity contribution in [2.45, 2.75) is 55.9 Å². The molecule has 0 aromatic heterocycles. The number of unbranched alkanes of at least 4 members (excludes halogenated alkanes) is 1. The third-order valence-corrected chi connectivity index (χ3v) is 8.22. The molecular formula is C22H29ClN2O6S2. The fourth-order valence-corrected chi connectivity index (χ4v) is 5.51. The molecule has 2 aromatic carbocycles. The first-order valence-electron chi connectivity index (χ1n) is 10.5. The van der Waals surface area contributed by atoms with E-state index >= 15 is 0 Å². The number of rotatable bonds is 12.